The highest BCUT2D eigenvalue weighted by Crippen LogP contribution is 2.06. The molecule has 0 aromatic carbocycles. The van der Waals surface area contributed by atoms with Crippen LogP contribution in [0, 0.1) is 5.92 Å². The Morgan fingerprint density at radius 3 is 2.80 bits per heavy atom. The molecule has 84 valence electrons. The summed E-state index contributed by atoms with van der Waals surface area (Å²) in [5, 5.41) is 0. The largest absolute Gasteiger partial charge is 0.328 e. The third-order valence-electron chi connectivity index (χ3n) is 2.29. The van der Waals surface area contributed by atoms with Gasteiger partial charge in [0.1, 0.15) is 0 Å². The molecule has 0 saturated heterocycles. The molecule has 0 saturated carbocycles. The first-order valence-corrected chi connectivity index (χ1v) is 5.83. The van der Waals surface area contributed by atoms with Gasteiger partial charge in [0.15, 0.2) is 0 Å². The maximum atomic E-state index is 11.6. The average Bonchev–Trinajstić information content (AvgIpc) is 2.19. The summed E-state index contributed by atoms with van der Waals surface area (Å²) in [5.74, 6) is 0.336. The van der Waals surface area contributed by atoms with Crippen LogP contribution in [0.4, 0.5) is 0 Å². The van der Waals surface area contributed by atoms with Gasteiger partial charge in [-0.2, -0.15) is 0 Å². The van der Waals surface area contributed by atoms with Crippen LogP contribution >= 0.6 is 15.9 Å². The molecule has 0 amide bonds. The van der Waals surface area contributed by atoms with Crippen molar-refractivity contribution in [3.05, 3.63) is 31.5 Å². The molecule has 0 fully saturated rings. The molecule has 4 nitrogen and oxygen atoms in total. The molecule has 1 aromatic rings. The monoisotopic (exact) mass is 274 g/mol. The summed E-state index contributed by atoms with van der Waals surface area (Å²) in [5.41, 5.74) is -0.604. The Labute approximate surface area is 96.5 Å². The fourth-order valence-electron chi connectivity index (χ4n) is 1.55. The Bertz CT molecular complexity index is 436. The maximum Gasteiger partial charge on any atom is 0.328 e. The first-order valence-electron chi connectivity index (χ1n) is 5.04. The molecule has 1 atom stereocenters. The van der Waals surface area contributed by atoms with E-state index in [1.54, 1.807) is 0 Å². The zero-order valence-corrected chi connectivity index (χ0v) is 10.5. The van der Waals surface area contributed by atoms with Gasteiger partial charge in [-0.1, -0.05) is 20.3 Å². The Morgan fingerprint density at radius 1 is 1.53 bits per heavy atom. The normalized spacial score (nSPS) is 12.7. The molecule has 1 N–H and O–H groups in total. The molecule has 0 aliphatic rings. The summed E-state index contributed by atoms with van der Waals surface area (Å²) < 4.78 is 1.63. The van der Waals surface area contributed by atoms with Crippen molar-refractivity contribution in [1.29, 1.82) is 0 Å². The Balaban J connectivity index is 2.99. The quantitative estimate of drug-likeness (QED) is 0.909. The number of halogens is 1. The van der Waals surface area contributed by atoms with Crippen molar-refractivity contribution in [2.45, 2.75) is 33.2 Å². The van der Waals surface area contributed by atoms with E-state index in [-0.39, 0.29) is 11.2 Å². The summed E-state index contributed by atoms with van der Waals surface area (Å²) in [4.78, 5) is 25.6. The van der Waals surface area contributed by atoms with Gasteiger partial charge in [-0.05, 0) is 28.3 Å². The van der Waals surface area contributed by atoms with Gasteiger partial charge in [-0.3, -0.25) is 9.36 Å². The van der Waals surface area contributed by atoms with Crippen LogP contribution in [0.1, 0.15) is 26.7 Å². The molecule has 5 heteroatoms. The van der Waals surface area contributed by atoms with E-state index in [0.29, 0.717) is 16.9 Å². The minimum absolute atomic E-state index is 0.262. The number of aromatic nitrogens is 2. The molecular weight excluding hydrogens is 260 g/mol. The fraction of sp³-hybridized carbons (Fsp3) is 0.600. The van der Waals surface area contributed by atoms with Gasteiger partial charge < -0.3 is 4.98 Å². The van der Waals surface area contributed by atoms with Gasteiger partial charge in [0.05, 0.1) is 4.47 Å². The lowest BCUT2D eigenvalue weighted by atomic mass is 10.1. The molecule has 1 heterocycles. The molecule has 0 spiro atoms. The highest BCUT2D eigenvalue weighted by Gasteiger charge is 2.08. The lowest BCUT2D eigenvalue weighted by Gasteiger charge is -2.11. The Kier molecular flexibility index (Phi) is 4.32. The number of aromatic amines is 1. The molecule has 0 radical (unpaired) electrons. The number of nitrogens with zero attached hydrogens (tertiary/aromatic N) is 1. The predicted octanol–water partition coefficient (Wildman–Crippen LogP) is 1.74. The molecule has 1 rings (SSSR count). The maximum absolute atomic E-state index is 11.6. The van der Waals surface area contributed by atoms with Crippen molar-refractivity contribution in [2.24, 2.45) is 5.92 Å². The van der Waals surface area contributed by atoms with E-state index in [1.807, 2.05) is 6.92 Å². The summed E-state index contributed by atoms with van der Waals surface area (Å²) >= 11 is 3.11. The highest BCUT2D eigenvalue weighted by molar-refractivity contribution is 9.10. The molecule has 0 bridgehead atoms. The van der Waals surface area contributed by atoms with Crippen molar-refractivity contribution in [2.75, 3.05) is 0 Å². The smallest absolute Gasteiger partial charge is 0.313 e. The van der Waals surface area contributed by atoms with Crippen LogP contribution < -0.4 is 11.2 Å². The number of rotatable bonds is 4. The van der Waals surface area contributed by atoms with Crippen molar-refractivity contribution in [3.8, 4) is 0 Å². The zero-order valence-electron chi connectivity index (χ0n) is 8.92. The second-order valence-corrected chi connectivity index (χ2v) is 4.61. The van der Waals surface area contributed by atoms with Gasteiger partial charge in [0.2, 0.25) is 0 Å². The van der Waals surface area contributed by atoms with Crippen molar-refractivity contribution < 1.29 is 0 Å². The van der Waals surface area contributed by atoms with Gasteiger partial charge in [-0.25, -0.2) is 4.79 Å². The molecule has 1 unspecified atom stereocenters. The molecule has 15 heavy (non-hydrogen) atoms. The highest BCUT2D eigenvalue weighted by atomic mass is 79.9. The van der Waals surface area contributed by atoms with Crippen molar-refractivity contribution in [3.63, 3.8) is 0 Å². The lowest BCUT2D eigenvalue weighted by molar-refractivity contribution is 0.426. The number of hydrogen-bond acceptors (Lipinski definition) is 2. The third kappa shape index (κ3) is 3.06. The topological polar surface area (TPSA) is 54.9 Å². The van der Waals surface area contributed by atoms with Gasteiger partial charge in [0, 0.05) is 12.7 Å². The SMILES string of the molecule is CCCC(C)Cn1c(=O)[nH]cc(Br)c1=O. The van der Waals surface area contributed by atoms with E-state index >= 15 is 0 Å². The van der Waals surface area contributed by atoms with Crippen molar-refractivity contribution in [1.82, 2.24) is 9.55 Å². The third-order valence-corrected chi connectivity index (χ3v) is 2.86. The van der Waals surface area contributed by atoms with E-state index in [2.05, 4.69) is 27.8 Å². The summed E-state index contributed by atoms with van der Waals surface area (Å²) in [6.45, 7) is 4.60. The van der Waals surface area contributed by atoms with Gasteiger partial charge >= 0.3 is 5.69 Å². The molecule has 0 aliphatic carbocycles. The van der Waals surface area contributed by atoms with Crippen LogP contribution in [0.15, 0.2) is 20.3 Å². The van der Waals surface area contributed by atoms with Crippen LogP contribution in [0.3, 0.4) is 0 Å². The second-order valence-electron chi connectivity index (χ2n) is 3.75. The van der Waals surface area contributed by atoms with E-state index in [1.165, 1.54) is 10.8 Å². The first kappa shape index (κ1) is 12.2. The van der Waals surface area contributed by atoms with Crippen molar-refractivity contribution >= 4 is 15.9 Å². The van der Waals surface area contributed by atoms with Crippen LogP contribution in [0.5, 0.6) is 0 Å². The second kappa shape index (κ2) is 5.30. The molecule has 1 aromatic heterocycles. The Hall–Kier alpha value is -0.840. The van der Waals surface area contributed by atoms with Crippen LogP contribution in [0.2, 0.25) is 0 Å². The van der Waals surface area contributed by atoms with E-state index in [9.17, 15) is 9.59 Å². The van der Waals surface area contributed by atoms with Gasteiger partial charge in [-0.15, -0.1) is 0 Å². The Morgan fingerprint density at radius 2 is 2.20 bits per heavy atom. The zero-order chi connectivity index (χ0) is 11.4. The summed E-state index contributed by atoms with van der Waals surface area (Å²) in [7, 11) is 0. The minimum atomic E-state index is -0.342. The first-order chi connectivity index (χ1) is 7.06. The number of nitrogens with one attached hydrogen (secondary N) is 1. The van der Waals surface area contributed by atoms with E-state index in [0.717, 1.165) is 12.8 Å². The fourth-order valence-corrected chi connectivity index (χ4v) is 1.88. The summed E-state index contributed by atoms with van der Waals surface area (Å²) in [6.07, 6.45) is 3.45. The minimum Gasteiger partial charge on any atom is -0.313 e. The standard InChI is InChI=1S/C10H15BrN2O2/c1-3-4-7(2)6-13-9(14)8(11)5-12-10(13)15/h5,7H,3-4,6H2,1-2H3,(H,12,15). The van der Waals surface area contributed by atoms with Crippen LogP contribution in [-0.2, 0) is 6.54 Å². The molecular formula is C10H15BrN2O2. The van der Waals surface area contributed by atoms with E-state index < -0.39 is 0 Å². The lowest BCUT2D eigenvalue weighted by Crippen LogP contribution is -2.36. The average molecular weight is 275 g/mol. The summed E-state index contributed by atoms with van der Waals surface area (Å²) in [6, 6.07) is 0. The van der Waals surface area contributed by atoms with E-state index in [4.69, 9.17) is 0 Å². The predicted molar refractivity (Wildman–Crippen MR) is 63.1 cm³/mol. The molecule has 0 aliphatic heterocycles. The van der Waals surface area contributed by atoms with Crippen LogP contribution in [-0.4, -0.2) is 9.55 Å². The van der Waals surface area contributed by atoms with Gasteiger partial charge in [0.25, 0.3) is 5.56 Å². The van der Waals surface area contributed by atoms with Crippen LogP contribution in [0.25, 0.3) is 0 Å². The number of H-pyrrole nitrogens is 1. The number of hydrogen-bond donors (Lipinski definition) is 1.